The molecule has 3 rings (SSSR count). The summed E-state index contributed by atoms with van der Waals surface area (Å²) in [5.41, 5.74) is -8.17. The lowest BCUT2D eigenvalue weighted by molar-refractivity contribution is -0.144. The molecule has 2 nitrogen and oxygen atoms in total. The standard InChI is InChI=1S/C17H9F12N.C4H9N/c18-14(19,20)9-1-8(2-10(3-9)15(21,22)23)7-30-13-5-11(16(24,25)26)4-12(6-13)17(27,28)29;1-2-4-5-3-1/h1-6,30H,7H2;5H,1-4H2. The lowest BCUT2D eigenvalue weighted by Gasteiger charge is -2.17. The van der Waals surface area contributed by atoms with E-state index < -0.39 is 64.8 Å². The first kappa shape index (κ1) is 28.6. The fraction of sp³-hybridized carbons (Fsp3) is 0.429. The van der Waals surface area contributed by atoms with Gasteiger partial charge in [-0.05, 0) is 67.9 Å². The van der Waals surface area contributed by atoms with E-state index in [9.17, 15) is 52.7 Å². The van der Waals surface area contributed by atoms with Gasteiger partial charge < -0.3 is 10.6 Å². The minimum Gasteiger partial charge on any atom is -0.381 e. The van der Waals surface area contributed by atoms with E-state index in [4.69, 9.17) is 0 Å². The van der Waals surface area contributed by atoms with E-state index in [1.54, 1.807) is 0 Å². The zero-order valence-electron chi connectivity index (χ0n) is 17.5. The molecule has 1 saturated heterocycles. The van der Waals surface area contributed by atoms with Crippen molar-refractivity contribution in [2.24, 2.45) is 0 Å². The van der Waals surface area contributed by atoms with E-state index in [2.05, 4.69) is 5.32 Å². The van der Waals surface area contributed by atoms with Crippen LogP contribution in [0.3, 0.4) is 0 Å². The molecule has 0 saturated carbocycles. The van der Waals surface area contributed by atoms with Crippen molar-refractivity contribution in [3.8, 4) is 0 Å². The molecule has 0 spiro atoms. The Morgan fingerprint density at radius 2 is 0.886 bits per heavy atom. The Hall–Kier alpha value is -2.64. The van der Waals surface area contributed by atoms with E-state index in [1.165, 1.54) is 25.9 Å². The van der Waals surface area contributed by atoms with Crippen molar-refractivity contribution in [1.29, 1.82) is 0 Å². The van der Waals surface area contributed by atoms with Crippen molar-refractivity contribution in [3.63, 3.8) is 0 Å². The predicted octanol–water partition coefficient (Wildman–Crippen LogP) is 7.74. The van der Waals surface area contributed by atoms with E-state index in [0.717, 1.165) is 0 Å². The molecular formula is C21H18F12N2. The number of anilines is 1. The first-order valence-electron chi connectivity index (χ1n) is 9.90. The summed E-state index contributed by atoms with van der Waals surface area (Å²) in [4.78, 5) is 0. The molecule has 2 aromatic carbocycles. The lowest BCUT2D eigenvalue weighted by atomic mass is 10.0. The van der Waals surface area contributed by atoms with Gasteiger partial charge in [-0.15, -0.1) is 0 Å². The summed E-state index contributed by atoms with van der Waals surface area (Å²) in [6, 6.07) is 0.800. The van der Waals surface area contributed by atoms with Gasteiger partial charge in [-0.25, -0.2) is 0 Å². The topological polar surface area (TPSA) is 24.1 Å². The number of halogens is 12. The van der Waals surface area contributed by atoms with Crippen LogP contribution in [-0.2, 0) is 31.2 Å². The van der Waals surface area contributed by atoms with Crippen LogP contribution in [0, 0.1) is 0 Å². The molecule has 1 fully saturated rings. The Bertz CT molecular complexity index is 836. The quantitative estimate of drug-likeness (QED) is 0.400. The fourth-order valence-corrected chi connectivity index (χ4v) is 3.01. The number of hydrogen-bond acceptors (Lipinski definition) is 2. The van der Waals surface area contributed by atoms with Gasteiger partial charge in [0, 0.05) is 12.2 Å². The van der Waals surface area contributed by atoms with Crippen molar-refractivity contribution >= 4 is 5.69 Å². The van der Waals surface area contributed by atoms with E-state index >= 15 is 0 Å². The molecule has 0 amide bonds. The van der Waals surface area contributed by atoms with E-state index in [1.807, 2.05) is 5.32 Å². The Morgan fingerprint density at radius 1 is 0.543 bits per heavy atom. The SMILES string of the molecule is C1CCNC1.FC(F)(F)c1cc(CNc2cc(C(F)(F)F)cc(C(F)(F)F)c2)cc(C(F)(F)F)c1. The summed E-state index contributed by atoms with van der Waals surface area (Å²) in [5.74, 6) is 0. The van der Waals surface area contributed by atoms with Crippen molar-refractivity contribution in [2.45, 2.75) is 44.1 Å². The molecule has 0 bridgehead atoms. The van der Waals surface area contributed by atoms with Gasteiger partial charge in [0.15, 0.2) is 0 Å². The third kappa shape index (κ3) is 8.82. The average molecular weight is 526 g/mol. The normalized spacial score (nSPS) is 15.0. The van der Waals surface area contributed by atoms with Crippen LogP contribution in [0.4, 0.5) is 58.4 Å². The molecule has 0 aliphatic carbocycles. The number of benzene rings is 2. The number of hydrogen-bond donors (Lipinski definition) is 2. The first-order valence-corrected chi connectivity index (χ1v) is 9.90. The van der Waals surface area contributed by atoms with E-state index in [-0.39, 0.29) is 24.3 Å². The third-order valence-corrected chi connectivity index (χ3v) is 4.69. The summed E-state index contributed by atoms with van der Waals surface area (Å²) in [5, 5.41) is 5.23. The summed E-state index contributed by atoms with van der Waals surface area (Å²) in [6.07, 6.45) is -17.9. The van der Waals surface area contributed by atoms with Crippen LogP contribution >= 0.6 is 0 Å². The summed E-state index contributed by atoms with van der Waals surface area (Å²) < 4.78 is 154. The highest BCUT2D eigenvalue weighted by molar-refractivity contribution is 5.51. The van der Waals surface area contributed by atoms with Crippen LogP contribution in [0.2, 0.25) is 0 Å². The highest BCUT2D eigenvalue weighted by Crippen LogP contribution is 2.39. The maximum Gasteiger partial charge on any atom is 0.416 e. The largest absolute Gasteiger partial charge is 0.416 e. The minimum atomic E-state index is -5.17. The van der Waals surface area contributed by atoms with Crippen LogP contribution < -0.4 is 10.6 Å². The zero-order valence-corrected chi connectivity index (χ0v) is 17.5. The third-order valence-electron chi connectivity index (χ3n) is 4.69. The number of rotatable bonds is 3. The summed E-state index contributed by atoms with van der Waals surface area (Å²) in [6.45, 7) is 1.60. The lowest BCUT2D eigenvalue weighted by Crippen LogP contribution is -2.14. The zero-order chi connectivity index (χ0) is 26.7. The van der Waals surface area contributed by atoms with Crippen LogP contribution in [0.1, 0.15) is 40.7 Å². The Morgan fingerprint density at radius 3 is 1.17 bits per heavy atom. The molecule has 2 aromatic rings. The molecule has 0 unspecified atom stereocenters. The van der Waals surface area contributed by atoms with Crippen LogP contribution in [-0.4, -0.2) is 13.1 Å². The van der Waals surface area contributed by atoms with Gasteiger partial charge in [-0.1, -0.05) is 0 Å². The van der Waals surface area contributed by atoms with Gasteiger partial charge in [-0.2, -0.15) is 52.7 Å². The maximum absolute atomic E-state index is 12.8. The molecule has 35 heavy (non-hydrogen) atoms. The highest BCUT2D eigenvalue weighted by atomic mass is 19.4. The molecule has 0 atom stereocenters. The second-order valence-electron chi connectivity index (χ2n) is 7.52. The van der Waals surface area contributed by atoms with Gasteiger partial charge in [-0.3, -0.25) is 0 Å². The second kappa shape index (κ2) is 10.5. The van der Waals surface area contributed by atoms with Gasteiger partial charge >= 0.3 is 24.7 Å². The molecule has 1 aliphatic heterocycles. The van der Waals surface area contributed by atoms with Crippen molar-refractivity contribution in [1.82, 2.24) is 5.32 Å². The average Bonchev–Trinajstić information content (AvgIpc) is 3.29. The Balaban J connectivity index is 0.000000764. The number of alkyl halides is 12. The molecule has 14 heteroatoms. The van der Waals surface area contributed by atoms with Crippen LogP contribution in [0.15, 0.2) is 36.4 Å². The van der Waals surface area contributed by atoms with Crippen molar-refractivity contribution in [2.75, 3.05) is 18.4 Å². The van der Waals surface area contributed by atoms with Crippen molar-refractivity contribution in [3.05, 3.63) is 64.2 Å². The molecular weight excluding hydrogens is 508 g/mol. The molecule has 0 aromatic heterocycles. The predicted molar refractivity (Wildman–Crippen MR) is 102 cm³/mol. The molecule has 2 N–H and O–H groups in total. The van der Waals surface area contributed by atoms with Gasteiger partial charge in [0.2, 0.25) is 0 Å². The minimum absolute atomic E-state index is 0.157. The summed E-state index contributed by atoms with van der Waals surface area (Å²) >= 11 is 0. The molecule has 1 aliphatic rings. The smallest absolute Gasteiger partial charge is 0.381 e. The highest BCUT2D eigenvalue weighted by Gasteiger charge is 2.38. The molecule has 0 radical (unpaired) electrons. The Labute approximate surface area is 191 Å². The van der Waals surface area contributed by atoms with Gasteiger partial charge in [0.1, 0.15) is 0 Å². The van der Waals surface area contributed by atoms with Crippen LogP contribution in [0.25, 0.3) is 0 Å². The fourth-order valence-electron chi connectivity index (χ4n) is 3.01. The van der Waals surface area contributed by atoms with Gasteiger partial charge in [0.05, 0.1) is 22.3 Å². The Kier molecular flexibility index (Phi) is 8.61. The summed E-state index contributed by atoms with van der Waals surface area (Å²) in [7, 11) is 0. The van der Waals surface area contributed by atoms with Crippen molar-refractivity contribution < 1.29 is 52.7 Å². The first-order chi connectivity index (χ1) is 15.9. The second-order valence-corrected chi connectivity index (χ2v) is 7.52. The molecule has 1 heterocycles. The van der Waals surface area contributed by atoms with Crippen LogP contribution in [0.5, 0.6) is 0 Å². The van der Waals surface area contributed by atoms with E-state index in [0.29, 0.717) is 12.1 Å². The number of nitrogens with one attached hydrogen (secondary N) is 2. The monoisotopic (exact) mass is 526 g/mol. The maximum atomic E-state index is 12.8. The molecule has 196 valence electrons. The van der Waals surface area contributed by atoms with Gasteiger partial charge in [0.25, 0.3) is 0 Å².